The van der Waals surface area contributed by atoms with Gasteiger partial charge in [-0.05, 0) is 50.7 Å². The third kappa shape index (κ3) is 7.61. The van der Waals surface area contributed by atoms with E-state index in [9.17, 15) is 24.5 Å². The number of nitrogens with one attached hydrogen (secondary N) is 1. The van der Waals surface area contributed by atoms with Crippen molar-refractivity contribution in [1.29, 1.82) is 0 Å². The van der Waals surface area contributed by atoms with Gasteiger partial charge in [-0.15, -0.1) is 23.1 Å². The van der Waals surface area contributed by atoms with Gasteiger partial charge in [-0.25, -0.2) is 4.79 Å². The second kappa shape index (κ2) is 14.2. The van der Waals surface area contributed by atoms with Crippen LogP contribution < -0.4 is 10.1 Å². The summed E-state index contributed by atoms with van der Waals surface area (Å²) in [6, 6.07) is 4.53. The number of aromatic nitrogens is 1. The highest BCUT2D eigenvalue weighted by Gasteiger charge is 2.29. The SMILES string of the molecule is CCOCCn1c(=NC(=O)CSCC(=O)Nc2sc3c(c2C(=O)OCC)CCC(C)C3)sc2cc([N+](=O)[O-])ccc21. The van der Waals surface area contributed by atoms with E-state index in [-0.39, 0.29) is 29.7 Å². The lowest BCUT2D eigenvalue weighted by Crippen LogP contribution is -2.21. The number of amides is 2. The van der Waals surface area contributed by atoms with Crippen molar-refractivity contribution >= 4 is 73.1 Å². The number of benzene rings is 1. The molecule has 0 saturated heterocycles. The first-order chi connectivity index (χ1) is 19.7. The molecule has 0 radical (unpaired) electrons. The Bertz CT molecular complexity index is 1520. The monoisotopic (exact) mass is 620 g/mol. The van der Waals surface area contributed by atoms with Crippen molar-refractivity contribution in [3.63, 3.8) is 0 Å². The molecule has 1 N–H and O–H groups in total. The predicted molar refractivity (Wildman–Crippen MR) is 161 cm³/mol. The number of nitro benzene ring substituents is 1. The fourth-order valence-corrected chi connectivity index (χ4v) is 7.69. The number of hydrogen-bond donors (Lipinski definition) is 1. The number of nitro groups is 1. The Labute approximate surface area is 249 Å². The van der Waals surface area contributed by atoms with E-state index >= 15 is 0 Å². The lowest BCUT2D eigenvalue weighted by molar-refractivity contribution is -0.384. The van der Waals surface area contributed by atoms with Crippen molar-refractivity contribution in [2.24, 2.45) is 10.9 Å². The second-order valence-corrected chi connectivity index (χ2v) is 12.6. The van der Waals surface area contributed by atoms with Crippen LogP contribution in [0.2, 0.25) is 0 Å². The number of thioether (sulfide) groups is 1. The largest absolute Gasteiger partial charge is 0.462 e. The Morgan fingerprint density at radius 3 is 2.76 bits per heavy atom. The van der Waals surface area contributed by atoms with Crippen LogP contribution in [0, 0.1) is 16.0 Å². The number of fused-ring (bicyclic) bond motifs is 2. The molecule has 1 aromatic carbocycles. The van der Waals surface area contributed by atoms with Gasteiger partial charge < -0.3 is 19.4 Å². The number of esters is 1. The normalized spacial score (nSPS) is 15.1. The minimum absolute atomic E-state index is 0.00540. The summed E-state index contributed by atoms with van der Waals surface area (Å²) in [7, 11) is 0. The van der Waals surface area contributed by atoms with Gasteiger partial charge in [0.25, 0.3) is 11.6 Å². The second-order valence-electron chi connectivity index (χ2n) is 9.47. The van der Waals surface area contributed by atoms with Crippen LogP contribution in [0.3, 0.4) is 0 Å². The van der Waals surface area contributed by atoms with E-state index in [1.807, 2.05) is 11.5 Å². The molecule has 1 aliphatic carbocycles. The van der Waals surface area contributed by atoms with E-state index in [1.165, 1.54) is 34.8 Å². The number of thiazole rings is 1. The Morgan fingerprint density at radius 2 is 2.02 bits per heavy atom. The third-order valence-corrected chi connectivity index (χ3v) is 9.59. The lowest BCUT2D eigenvalue weighted by Gasteiger charge is -2.18. The van der Waals surface area contributed by atoms with Crippen LogP contribution in [-0.2, 0) is 38.4 Å². The minimum Gasteiger partial charge on any atom is -0.462 e. The van der Waals surface area contributed by atoms with Gasteiger partial charge in [0.15, 0.2) is 4.80 Å². The van der Waals surface area contributed by atoms with E-state index in [0.717, 1.165) is 47.0 Å². The van der Waals surface area contributed by atoms with E-state index in [0.29, 0.717) is 45.7 Å². The molecule has 1 atom stereocenters. The first-order valence-corrected chi connectivity index (χ1v) is 16.1. The molecule has 1 aliphatic rings. The molecule has 41 heavy (non-hydrogen) atoms. The summed E-state index contributed by atoms with van der Waals surface area (Å²) in [5.41, 5.74) is 2.10. The summed E-state index contributed by atoms with van der Waals surface area (Å²) in [5, 5.41) is 14.6. The van der Waals surface area contributed by atoms with E-state index in [1.54, 1.807) is 13.0 Å². The maximum atomic E-state index is 12.8. The molecule has 0 bridgehead atoms. The topological polar surface area (TPSA) is 142 Å². The number of carbonyl (C=O) groups is 3. The van der Waals surface area contributed by atoms with Crippen molar-refractivity contribution in [1.82, 2.24) is 4.57 Å². The van der Waals surface area contributed by atoms with Crippen LogP contribution in [-0.4, -0.2) is 58.6 Å². The van der Waals surface area contributed by atoms with Crippen LogP contribution in [0.4, 0.5) is 10.7 Å². The average Bonchev–Trinajstić information content (AvgIpc) is 3.45. The maximum absolute atomic E-state index is 12.8. The van der Waals surface area contributed by atoms with Crippen molar-refractivity contribution in [2.75, 3.05) is 36.6 Å². The van der Waals surface area contributed by atoms with E-state index < -0.39 is 16.8 Å². The van der Waals surface area contributed by atoms with Gasteiger partial charge in [-0.1, -0.05) is 18.3 Å². The molecule has 11 nitrogen and oxygen atoms in total. The predicted octanol–water partition coefficient (Wildman–Crippen LogP) is 4.81. The van der Waals surface area contributed by atoms with Gasteiger partial charge in [0.2, 0.25) is 5.91 Å². The highest BCUT2D eigenvalue weighted by Crippen LogP contribution is 2.40. The molecule has 220 valence electrons. The first-order valence-electron chi connectivity index (χ1n) is 13.3. The van der Waals surface area contributed by atoms with Crippen LogP contribution in [0.15, 0.2) is 23.2 Å². The quantitative estimate of drug-likeness (QED) is 0.132. The summed E-state index contributed by atoms with van der Waals surface area (Å²) in [5.74, 6) is -0.688. The van der Waals surface area contributed by atoms with E-state index in [2.05, 4.69) is 17.2 Å². The number of anilines is 1. The molecule has 2 aromatic heterocycles. The molecule has 4 rings (SSSR count). The molecular weight excluding hydrogens is 589 g/mol. The van der Waals surface area contributed by atoms with Crippen LogP contribution in [0.25, 0.3) is 10.2 Å². The Morgan fingerprint density at radius 1 is 1.22 bits per heavy atom. The minimum atomic E-state index is -0.463. The number of rotatable bonds is 12. The first kappa shape index (κ1) is 30.9. The van der Waals surface area contributed by atoms with Gasteiger partial charge in [-0.2, -0.15) is 4.99 Å². The fraction of sp³-hybridized carbons (Fsp3) is 0.481. The van der Waals surface area contributed by atoms with Crippen molar-refractivity contribution in [2.45, 2.75) is 46.6 Å². The van der Waals surface area contributed by atoms with E-state index in [4.69, 9.17) is 9.47 Å². The van der Waals surface area contributed by atoms with Gasteiger partial charge in [0.05, 0.1) is 45.4 Å². The molecule has 2 amide bonds. The molecule has 0 saturated carbocycles. The summed E-state index contributed by atoms with van der Waals surface area (Å²) in [4.78, 5) is 54.7. The van der Waals surface area contributed by atoms with Gasteiger partial charge in [0.1, 0.15) is 5.00 Å². The molecule has 1 unspecified atom stereocenters. The Balaban J connectivity index is 1.44. The number of ether oxygens (including phenoxy) is 2. The van der Waals surface area contributed by atoms with Gasteiger partial charge >= 0.3 is 5.97 Å². The molecule has 0 fully saturated rings. The molecule has 3 aromatic rings. The molecule has 2 heterocycles. The van der Waals surface area contributed by atoms with Crippen molar-refractivity contribution in [3.05, 3.63) is 49.1 Å². The average molecular weight is 621 g/mol. The Kier molecular flexibility index (Phi) is 10.7. The lowest BCUT2D eigenvalue weighted by atomic mass is 9.88. The number of carbonyl (C=O) groups excluding carboxylic acids is 3. The summed E-state index contributed by atoms with van der Waals surface area (Å²) in [6.45, 7) is 7.41. The van der Waals surface area contributed by atoms with Gasteiger partial charge in [0, 0.05) is 30.2 Å². The molecule has 0 spiro atoms. The molecular formula is C27H32N4O7S3. The highest BCUT2D eigenvalue weighted by molar-refractivity contribution is 8.00. The highest BCUT2D eigenvalue weighted by atomic mass is 32.2. The Hall–Kier alpha value is -3.07. The summed E-state index contributed by atoms with van der Waals surface area (Å²) >= 11 is 3.73. The summed E-state index contributed by atoms with van der Waals surface area (Å²) in [6.07, 6.45) is 2.62. The maximum Gasteiger partial charge on any atom is 0.341 e. The van der Waals surface area contributed by atoms with Crippen LogP contribution >= 0.6 is 34.4 Å². The standard InChI is InChI=1S/C27H32N4O7S3/c1-4-37-11-10-30-19-9-7-17(31(35)36)13-21(19)41-27(30)29-23(33)15-39-14-22(32)28-25-24(26(34)38-5-2)18-8-6-16(3)12-20(18)40-25/h7,9,13,16H,4-6,8,10-12,14-15H2,1-3H3,(H,28,32). The van der Waals surface area contributed by atoms with Gasteiger partial charge in [-0.3, -0.25) is 19.7 Å². The fourth-order valence-electron chi connectivity index (χ4n) is 4.57. The smallest absolute Gasteiger partial charge is 0.341 e. The zero-order valence-electron chi connectivity index (χ0n) is 23.1. The summed E-state index contributed by atoms with van der Waals surface area (Å²) < 4.78 is 13.2. The van der Waals surface area contributed by atoms with Crippen LogP contribution in [0.1, 0.15) is 48.0 Å². The molecule has 0 aliphatic heterocycles. The zero-order valence-corrected chi connectivity index (χ0v) is 25.5. The van der Waals surface area contributed by atoms with Crippen molar-refractivity contribution < 1.29 is 28.8 Å². The number of non-ortho nitro benzene ring substituents is 1. The number of hydrogen-bond acceptors (Lipinski definition) is 10. The van der Waals surface area contributed by atoms with Crippen molar-refractivity contribution in [3.8, 4) is 0 Å². The van der Waals surface area contributed by atoms with Crippen LogP contribution in [0.5, 0.6) is 0 Å². The number of nitrogens with zero attached hydrogens (tertiary/aromatic N) is 3. The zero-order chi connectivity index (χ0) is 29.5. The third-order valence-electron chi connectivity index (χ3n) is 6.46. The molecule has 14 heteroatoms. The number of thiophene rings is 1.